The molecular formula is C12H15N6OP. The molecule has 0 fully saturated rings. The van der Waals surface area contributed by atoms with Crippen molar-refractivity contribution < 1.29 is 4.57 Å². The number of aryl methyl sites for hydroxylation is 3. The standard InChI is InChI=1S/C12H15N6OP/c1-16-7-4-13-10(16)20(19,11-14-5-8-17(11)2)12-15-6-9-18(12)3/h4-9H,1-3H3. The predicted molar refractivity (Wildman–Crippen MR) is 76.1 cm³/mol. The maximum Gasteiger partial charge on any atom is 0.272 e. The van der Waals surface area contributed by atoms with Gasteiger partial charge in [0.1, 0.15) is 0 Å². The number of rotatable bonds is 3. The summed E-state index contributed by atoms with van der Waals surface area (Å²) in [5.74, 6) is 0. The van der Waals surface area contributed by atoms with Gasteiger partial charge < -0.3 is 13.7 Å². The summed E-state index contributed by atoms with van der Waals surface area (Å²) in [6, 6.07) is 0. The third-order valence-electron chi connectivity index (χ3n) is 3.23. The second kappa shape index (κ2) is 4.45. The minimum Gasteiger partial charge on any atom is -0.331 e. The van der Waals surface area contributed by atoms with E-state index in [9.17, 15) is 4.57 Å². The minimum atomic E-state index is -3.19. The van der Waals surface area contributed by atoms with Crippen LogP contribution in [0, 0.1) is 0 Å². The molecule has 8 heteroatoms. The first-order chi connectivity index (χ1) is 9.55. The molecule has 0 aromatic carbocycles. The third-order valence-corrected chi connectivity index (χ3v) is 6.21. The minimum absolute atomic E-state index is 0.473. The fraction of sp³-hybridized carbons (Fsp3) is 0.250. The van der Waals surface area contributed by atoms with E-state index >= 15 is 0 Å². The van der Waals surface area contributed by atoms with Crippen LogP contribution in [-0.4, -0.2) is 28.7 Å². The maximum absolute atomic E-state index is 13.8. The average Bonchev–Trinajstić information content (AvgIpc) is 3.10. The Bertz CT molecular complexity index is 693. The highest BCUT2D eigenvalue weighted by atomic mass is 31.2. The summed E-state index contributed by atoms with van der Waals surface area (Å²) in [7, 11) is 2.27. The van der Waals surface area contributed by atoms with Crippen LogP contribution in [0.3, 0.4) is 0 Å². The van der Waals surface area contributed by atoms with Gasteiger partial charge in [-0.25, -0.2) is 15.0 Å². The maximum atomic E-state index is 13.8. The molecule has 0 bridgehead atoms. The molecule has 0 amide bonds. The van der Waals surface area contributed by atoms with Crippen LogP contribution in [-0.2, 0) is 25.7 Å². The highest BCUT2D eigenvalue weighted by molar-refractivity contribution is 7.84. The summed E-state index contributed by atoms with van der Waals surface area (Å²) in [6.45, 7) is 0. The Balaban J connectivity index is 2.36. The van der Waals surface area contributed by atoms with E-state index in [2.05, 4.69) is 15.0 Å². The van der Waals surface area contributed by atoms with Gasteiger partial charge in [0.2, 0.25) is 0 Å². The molecule has 104 valence electrons. The van der Waals surface area contributed by atoms with Crippen molar-refractivity contribution in [3.63, 3.8) is 0 Å². The van der Waals surface area contributed by atoms with E-state index in [-0.39, 0.29) is 0 Å². The first-order valence-corrected chi connectivity index (χ1v) is 7.79. The van der Waals surface area contributed by atoms with Crippen LogP contribution in [0.1, 0.15) is 0 Å². The van der Waals surface area contributed by atoms with Crippen molar-refractivity contribution in [3.8, 4) is 0 Å². The molecule has 0 atom stereocenters. The van der Waals surface area contributed by atoms with Gasteiger partial charge in [0.05, 0.1) is 0 Å². The van der Waals surface area contributed by atoms with E-state index in [1.807, 2.05) is 21.1 Å². The normalized spacial score (nSPS) is 11.9. The number of hydrogen-bond acceptors (Lipinski definition) is 4. The number of imidazole rings is 3. The summed E-state index contributed by atoms with van der Waals surface area (Å²) in [5, 5.41) is 0. The van der Waals surface area contributed by atoms with E-state index in [0.29, 0.717) is 16.7 Å². The van der Waals surface area contributed by atoms with E-state index in [0.717, 1.165) is 0 Å². The van der Waals surface area contributed by atoms with E-state index in [4.69, 9.17) is 0 Å². The molecule has 3 heterocycles. The zero-order valence-electron chi connectivity index (χ0n) is 11.5. The molecule has 0 saturated carbocycles. The largest absolute Gasteiger partial charge is 0.331 e. The Morgan fingerprint density at radius 3 is 1.25 bits per heavy atom. The first-order valence-electron chi connectivity index (χ1n) is 6.09. The quantitative estimate of drug-likeness (QED) is 0.611. The number of hydrogen-bond donors (Lipinski definition) is 0. The van der Waals surface area contributed by atoms with E-state index in [1.54, 1.807) is 50.9 Å². The highest BCUT2D eigenvalue weighted by Crippen LogP contribution is 2.39. The molecule has 0 aliphatic carbocycles. The van der Waals surface area contributed by atoms with Crippen molar-refractivity contribution >= 4 is 23.8 Å². The lowest BCUT2D eigenvalue weighted by atomic mass is 10.9. The molecule has 3 aromatic heterocycles. The average molecular weight is 290 g/mol. The van der Waals surface area contributed by atoms with Crippen LogP contribution >= 0.6 is 7.14 Å². The molecule has 20 heavy (non-hydrogen) atoms. The first kappa shape index (κ1) is 12.9. The lowest BCUT2D eigenvalue weighted by Gasteiger charge is -2.17. The number of aromatic nitrogens is 6. The molecule has 7 nitrogen and oxygen atoms in total. The van der Waals surface area contributed by atoms with Crippen LogP contribution in [0.15, 0.2) is 37.2 Å². The van der Waals surface area contributed by atoms with Crippen molar-refractivity contribution in [1.82, 2.24) is 28.7 Å². The topological polar surface area (TPSA) is 70.5 Å². The summed E-state index contributed by atoms with van der Waals surface area (Å²) in [5.41, 5.74) is 1.42. The van der Waals surface area contributed by atoms with Crippen molar-refractivity contribution in [1.29, 1.82) is 0 Å². The van der Waals surface area contributed by atoms with Crippen LogP contribution < -0.4 is 16.7 Å². The predicted octanol–water partition coefficient (Wildman–Crippen LogP) is -0.473. The summed E-state index contributed by atoms with van der Waals surface area (Å²) < 4.78 is 19.1. The Kier molecular flexibility index (Phi) is 2.87. The van der Waals surface area contributed by atoms with Crippen molar-refractivity contribution in [2.75, 3.05) is 0 Å². The molecule has 0 unspecified atom stereocenters. The van der Waals surface area contributed by atoms with E-state index < -0.39 is 7.14 Å². The number of nitrogens with zero attached hydrogens (tertiary/aromatic N) is 6. The van der Waals surface area contributed by atoms with Gasteiger partial charge in [-0.05, 0) is 0 Å². The fourth-order valence-corrected chi connectivity index (χ4v) is 5.01. The molecule has 0 spiro atoms. The van der Waals surface area contributed by atoms with Gasteiger partial charge in [-0.15, -0.1) is 0 Å². The molecule has 0 saturated heterocycles. The molecule has 0 radical (unpaired) electrons. The van der Waals surface area contributed by atoms with Gasteiger partial charge >= 0.3 is 0 Å². The second-order valence-corrected chi connectivity index (χ2v) is 7.04. The SMILES string of the molecule is Cn1ccnc1P(=O)(c1nccn1C)c1nccn1C. The van der Waals surface area contributed by atoms with Crippen LogP contribution in [0.25, 0.3) is 0 Å². The zero-order valence-corrected chi connectivity index (χ0v) is 12.4. The molecule has 0 aliphatic rings. The Labute approximate surface area is 116 Å². The third kappa shape index (κ3) is 1.67. The summed E-state index contributed by atoms with van der Waals surface area (Å²) in [4.78, 5) is 12.8. The van der Waals surface area contributed by atoms with Gasteiger partial charge in [0.25, 0.3) is 7.14 Å². The van der Waals surface area contributed by atoms with Crippen LogP contribution in [0.5, 0.6) is 0 Å². The Morgan fingerprint density at radius 2 is 1.05 bits per heavy atom. The van der Waals surface area contributed by atoms with Crippen LogP contribution in [0.4, 0.5) is 0 Å². The summed E-state index contributed by atoms with van der Waals surface area (Å²) >= 11 is 0. The Hall–Kier alpha value is -2.14. The van der Waals surface area contributed by atoms with Crippen molar-refractivity contribution in [2.24, 2.45) is 21.1 Å². The lowest BCUT2D eigenvalue weighted by molar-refractivity contribution is 0.586. The van der Waals surface area contributed by atoms with Gasteiger partial charge in [-0.1, -0.05) is 0 Å². The second-order valence-electron chi connectivity index (χ2n) is 4.62. The van der Waals surface area contributed by atoms with Gasteiger partial charge in [0, 0.05) is 58.3 Å². The van der Waals surface area contributed by atoms with Crippen LogP contribution in [0.2, 0.25) is 0 Å². The molecular weight excluding hydrogens is 275 g/mol. The molecule has 3 aromatic rings. The van der Waals surface area contributed by atoms with Gasteiger partial charge in [-0.3, -0.25) is 4.57 Å². The summed E-state index contributed by atoms with van der Waals surface area (Å²) in [6.07, 6.45) is 10.2. The smallest absolute Gasteiger partial charge is 0.272 e. The zero-order chi connectivity index (χ0) is 14.3. The van der Waals surface area contributed by atoms with E-state index in [1.165, 1.54) is 0 Å². The monoisotopic (exact) mass is 290 g/mol. The van der Waals surface area contributed by atoms with Gasteiger partial charge in [-0.2, -0.15) is 0 Å². The van der Waals surface area contributed by atoms with Gasteiger partial charge in [0.15, 0.2) is 16.7 Å². The Morgan fingerprint density at radius 1 is 0.750 bits per heavy atom. The molecule has 0 N–H and O–H groups in total. The highest BCUT2D eigenvalue weighted by Gasteiger charge is 2.40. The van der Waals surface area contributed by atoms with Crippen molar-refractivity contribution in [2.45, 2.75) is 0 Å². The molecule has 0 aliphatic heterocycles. The lowest BCUT2D eigenvalue weighted by Crippen LogP contribution is -2.37. The molecule has 3 rings (SSSR count). The fourth-order valence-electron chi connectivity index (χ4n) is 2.25. The van der Waals surface area contributed by atoms with Crippen molar-refractivity contribution in [3.05, 3.63) is 37.2 Å².